The first-order chi connectivity index (χ1) is 33.5. The van der Waals surface area contributed by atoms with Crippen molar-refractivity contribution in [3.8, 4) is 35.1 Å². The molecule has 0 saturated heterocycles. The smallest absolute Gasteiger partial charge is 0.512 e. The van der Waals surface area contributed by atoms with Gasteiger partial charge < -0.3 is 36.6 Å². The summed E-state index contributed by atoms with van der Waals surface area (Å²) in [6.07, 6.45) is 1.79. The Morgan fingerprint density at radius 3 is 1.60 bits per heavy atom. The van der Waals surface area contributed by atoms with Gasteiger partial charge in [0.15, 0.2) is 11.8 Å². The number of carboxylic acid groups (broad SMARTS) is 1. The second-order valence-electron chi connectivity index (χ2n) is 14.2. The Labute approximate surface area is 449 Å². The topological polar surface area (TPSA) is 249 Å². The average molecular weight is 973 g/mol. The van der Waals surface area contributed by atoms with Crippen LogP contribution in [0.25, 0.3) is 43.6 Å². The number of aliphatic imine (C=N–C) groups is 1. The van der Waals surface area contributed by atoms with Crippen molar-refractivity contribution < 1.29 is 85.8 Å². The monoisotopic (exact) mass is 972 g/mol. The summed E-state index contributed by atoms with van der Waals surface area (Å²) in [4.78, 5) is 42.5. The molecule has 0 spiro atoms. The minimum atomic E-state index is -0.909. The fourth-order valence-corrected chi connectivity index (χ4v) is 7.19. The molecule has 342 valence electrons. The Hall–Kier alpha value is -7.79. The molecule has 10 rings (SSSR count). The molecule has 0 fully saturated rings. The van der Waals surface area contributed by atoms with Gasteiger partial charge in [-0.1, -0.05) is 42.5 Å². The van der Waals surface area contributed by atoms with Crippen LogP contribution in [0.5, 0.6) is 23.0 Å². The van der Waals surface area contributed by atoms with Crippen molar-refractivity contribution in [1.82, 2.24) is 19.9 Å². The summed E-state index contributed by atoms with van der Waals surface area (Å²) in [6, 6.07) is 48.2. The summed E-state index contributed by atoms with van der Waals surface area (Å²) in [6.45, 7) is 6.31. The van der Waals surface area contributed by atoms with E-state index >= 15 is 0 Å². The molecule has 9 aromatic rings. The predicted octanol–water partition coefficient (Wildman–Crippen LogP) is 7.05. The number of pyridine rings is 4. The van der Waals surface area contributed by atoms with Gasteiger partial charge in [0, 0.05) is 39.1 Å². The number of phenolic OH excluding ortho intramolecular Hbond substituents is 2. The summed E-state index contributed by atoms with van der Waals surface area (Å²) in [5, 5.41) is 55.4. The van der Waals surface area contributed by atoms with Gasteiger partial charge in [-0.25, -0.2) is 19.7 Å². The normalized spacial score (nSPS) is 11.7. The summed E-state index contributed by atoms with van der Waals surface area (Å²) < 4.78 is 10.2. The SMILES string of the molecule is CC(=O)c1ccccc1.COc1ccc2nc(C#N)ccc2c1.COc1ccc2ncccc2c1.N#Cc1ccc2cc(O)ccc2n1.O=C(O)[C@H]1CSC(c2ccc3cc(O)ccc3n2)=N1.[C-]#N.[K+]. The van der Waals surface area contributed by atoms with Gasteiger partial charge in [-0.15, -0.1) is 11.8 Å². The summed E-state index contributed by atoms with van der Waals surface area (Å²) >= 11 is 1.40. The van der Waals surface area contributed by atoms with E-state index in [1.54, 1.807) is 88.0 Å². The van der Waals surface area contributed by atoms with Crippen molar-refractivity contribution in [1.29, 1.82) is 15.8 Å². The molecular weight excluding hydrogens is 932 g/mol. The third-order valence-corrected chi connectivity index (χ3v) is 10.7. The first-order valence-corrected chi connectivity index (χ1v) is 21.5. The maximum Gasteiger partial charge on any atom is 1.00 e. The van der Waals surface area contributed by atoms with Gasteiger partial charge in [-0.05, 0) is 116 Å². The fraction of sp³-hybridized carbons (Fsp3) is 0.0943. The molecule has 0 saturated carbocycles. The molecule has 4 aromatic heterocycles. The number of hydrogen-bond donors (Lipinski definition) is 3. The van der Waals surface area contributed by atoms with Crippen molar-refractivity contribution in [3.05, 3.63) is 187 Å². The van der Waals surface area contributed by atoms with E-state index in [0.717, 1.165) is 60.7 Å². The largest absolute Gasteiger partial charge is 1.00 e. The number of carbonyl (C=O) groups is 2. The minimum Gasteiger partial charge on any atom is -0.512 e. The van der Waals surface area contributed by atoms with Crippen LogP contribution in [-0.2, 0) is 4.79 Å². The number of carbonyl (C=O) groups excluding carboxylic acids is 1. The number of ketones is 1. The number of thioether (sulfide) groups is 1. The van der Waals surface area contributed by atoms with Gasteiger partial charge >= 0.3 is 57.4 Å². The molecule has 1 aliphatic heterocycles. The first-order valence-electron chi connectivity index (χ1n) is 20.5. The van der Waals surface area contributed by atoms with Crippen molar-refractivity contribution in [2.24, 2.45) is 4.99 Å². The number of nitrogens with zero attached hydrogens (tertiary/aromatic N) is 8. The van der Waals surface area contributed by atoms with Crippen LogP contribution in [0, 0.1) is 34.5 Å². The maximum atomic E-state index is 10.9. The predicted molar refractivity (Wildman–Crippen MR) is 265 cm³/mol. The van der Waals surface area contributed by atoms with E-state index in [4.69, 9.17) is 42.0 Å². The molecule has 3 N–H and O–H groups in total. The second-order valence-corrected chi connectivity index (χ2v) is 15.2. The van der Waals surface area contributed by atoms with Gasteiger partial charge in [-0.3, -0.25) is 14.8 Å². The summed E-state index contributed by atoms with van der Waals surface area (Å²) in [5.41, 5.74) is 5.54. The van der Waals surface area contributed by atoms with E-state index in [9.17, 15) is 14.7 Å². The van der Waals surface area contributed by atoms with Crippen LogP contribution in [0.15, 0.2) is 163 Å². The van der Waals surface area contributed by atoms with Gasteiger partial charge in [0.05, 0.1) is 42.0 Å². The summed E-state index contributed by atoms with van der Waals surface area (Å²) in [5.74, 6) is 1.72. The number of aromatic nitrogens is 4. The van der Waals surface area contributed by atoms with E-state index < -0.39 is 12.0 Å². The fourth-order valence-electron chi connectivity index (χ4n) is 6.19. The second kappa shape index (κ2) is 27.9. The molecule has 0 unspecified atom stereocenters. The molecule has 70 heavy (non-hydrogen) atoms. The van der Waals surface area contributed by atoms with Crippen LogP contribution in [0.1, 0.15) is 34.4 Å². The molecule has 17 heteroatoms. The van der Waals surface area contributed by atoms with Crippen LogP contribution in [0.4, 0.5) is 0 Å². The maximum absolute atomic E-state index is 10.9. The van der Waals surface area contributed by atoms with Crippen molar-refractivity contribution in [2.75, 3.05) is 20.0 Å². The van der Waals surface area contributed by atoms with Gasteiger partial charge in [0.25, 0.3) is 0 Å². The van der Waals surface area contributed by atoms with Crippen LogP contribution in [0.2, 0.25) is 0 Å². The molecule has 5 heterocycles. The molecule has 1 atom stereocenters. The van der Waals surface area contributed by atoms with E-state index in [1.807, 2.05) is 103 Å². The quantitative estimate of drug-likeness (QED) is 0.0888. The number of Topliss-reactive ketones (excluding diaryl/α,β-unsaturated/α-hetero) is 1. The van der Waals surface area contributed by atoms with Crippen LogP contribution >= 0.6 is 11.8 Å². The Morgan fingerprint density at radius 2 is 1.11 bits per heavy atom. The van der Waals surface area contributed by atoms with Crippen molar-refractivity contribution in [3.63, 3.8) is 0 Å². The average Bonchev–Trinajstić information content (AvgIpc) is 3.91. The number of carboxylic acids is 1. The van der Waals surface area contributed by atoms with Crippen molar-refractivity contribution in [2.45, 2.75) is 13.0 Å². The molecule has 0 aliphatic carbocycles. The zero-order valence-electron chi connectivity index (χ0n) is 38.3. The molecule has 5 aromatic carbocycles. The Kier molecular flexibility index (Phi) is 21.8. The molecular formula is C53H41KN8O7S. The van der Waals surface area contributed by atoms with E-state index in [1.165, 1.54) is 11.8 Å². The number of aromatic hydroxyl groups is 2. The zero-order valence-corrected chi connectivity index (χ0v) is 42.2. The Morgan fingerprint density at radius 1 is 0.629 bits per heavy atom. The van der Waals surface area contributed by atoms with E-state index in [0.29, 0.717) is 27.9 Å². The minimum absolute atomic E-state index is 0. The van der Waals surface area contributed by atoms with E-state index in [2.05, 4.69) is 24.9 Å². The number of aliphatic carboxylic acids is 1. The number of hydrogen-bond acceptors (Lipinski definition) is 15. The van der Waals surface area contributed by atoms with Crippen LogP contribution < -0.4 is 60.9 Å². The molecule has 0 amide bonds. The number of rotatable bonds is 5. The van der Waals surface area contributed by atoms with E-state index in [-0.39, 0.29) is 68.7 Å². The third-order valence-electron chi connectivity index (χ3n) is 9.62. The number of fused-ring (bicyclic) bond motifs is 4. The van der Waals surface area contributed by atoms with Gasteiger partial charge in [0.2, 0.25) is 0 Å². The number of benzene rings is 5. The van der Waals surface area contributed by atoms with Crippen molar-refractivity contribution >= 4 is 72.2 Å². The number of phenols is 2. The number of nitriles is 2. The Balaban J connectivity index is 0.000000191. The molecule has 0 bridgehead atoms. The number of ether oxygens (including phenoxy) is 2. The first kappa shape index (κ1) is 54.8. The van der Waals surface area contributed by atoms with Crippen LogP contribution in [-0.4, -0.2) is 78.1 Å². The van der Waals surface area contributed by atoms with Gasteiger partial charge in [-0.2, -0.15) is 10.5 Å². The number of methoxy groups -OCH3 is 2. The molecule has 1 aliphatic rings. The molecule has 0 radical (unpaired) electrons. The van der Waals surface area contributed by atoms with Crippen LogP contribution in [0.3, 0.4) is 0 Å². The van der Waals surface area contributed by atoms with Gasteiger partial charge in [0.1, 0.15) is 51.6 Å². The standard InChI is InChI=1S/C13H10N2O3S.C11H8N2O.C10H6N2O.C10H9NO.C8H8O.CN.K/c16-8-2-4-9-7(5-8)1-3-10(14-9)12-15-11(6-19-12)13(17)18;1-14-10-4-5-11-8(6-10)2-3-9(7-12)13-11;11-6-8-2-1-7-5-9(13)3-4-10(7)12-8;1-12-9-4-5-10-8(7-9)3-2-6-11-10;1-7(9)8-5-3-2-4-6-8;1-2;/h1-5,11,16H,6H2,(H,17,18);2-6H,1H3;1-5,13H;2-7H,1H3;2-6H,1H3;;/q;;;;;-1;+1/t11-;;;;;;/m1....../s1. The Bertz CT molecular complexity index is 3380. The third kappa shape index (κ3) is 15.9. The molecule has 15 nitrogen and oxygen atoms in total. The zero-order chi connectivity index (χ0) is 49.7. The summed E-state index contributed by atoms with van der Waals surface area (Å²) in [7, 11) is 3.29.